The van der Waals surface area contributed by atoms with Crippen molar-refractivity contribution in [3.05, 3.63) is 54.1 Å². The van der Waals surface area contributed by atoms with Crippen LogP contribution in [-0.4, -0.2) is 35.1 Å². The Morgan fingerprint density at radius 3 is 2.65 bits per heavy atom. The first-order chi connectivity index (χ1) is 9.72. The molecule has 102 valence electrons. The molecule has 1 atom stereocenters. The number of benzene rings is 1. The lowest BCUT2D eigenvalue weighted by atomic mass is 10.2. The number of tetrazole rings is 1. The van der Waals surface area contributed by atoms with Gasteiger partial charge in [-0.2, -0.15) is 9.90 Å². The van der Waals surface area contributed by atoms with Crippen LogP contribution in [0.3, 0.4) is 0 Å². The topological polar surface area (TPSA) is 81.6 Å². The quantitative estimate of drug-likeness (QED) is 0.753. The zero-order valence-electron chi connectivity index (χ0n) is 11.0. The summed E-state index contributed by atoms with van der Waals surface area (Å²) in [4.78, 5) is 1.37. The van der Waals surface area contributed by atoms with Gasteiger partial charge in [0.1, 0.15) is 6.10 Å². The average molecular weight is 270 g/mol. The van der Waals surface area contributed by atoms with Crippen LogP contribution < -0.4 is 0 Å². The Morgan fingerprint density at radius 2 is 1.95 bits per heavy atom. The van der Waals surface area contributed by atoms with Crippen LogP contribution >= 0.6 is 0 Å². The number of aliphatic hydroxyl groups excluding tert-OH is 1. The molecule has 3 aromatic rings. The number of aryl methyl sites for hydroxylation is 1. The number of aromatic nitrogens is 6. The summed E-state index contributed by atoms with van der Waals surface area (Å²) in [5.74, 6) is 0.495. The lowest BCUT2D eigenvalue weighted by Crippen LogP contribution is -2.06. The molecular weight excluding hydrogens is 256 g/mol. The molecule has 0 saturated heterocycles. The first-order valence-corrected chi connectivity index (χ1v) is 6.24. The van der Waals surface area contributed by atoms with E-state index in [0.717, 1.165) is 5.69 Å². The van der Waals surface area contributed by atoms with Crippen LogP contribution in [-0.2, 0) is 13.5 Å². The first kappa shape index (κ1) is 12.5. The molecule has 20 heavy (non-hydrogen) atoms. The Bertz CT molecular complexity index is 690. The first-order valence-electron chi connectivity index (χ1n) is 6.24. The van der Waals surface area contributed by atoms with Crippen LogP contribution in [0, 0.1) is 0 Å². The molecule has 0 spiro atoms. The number of hydrogen-bond acceptors (Lipinski definition) is 5. The molecule has 7 heteroatoms. The Balaban J connectivity index is 1.76. The third-order valence-electron chi connectivity index (χ3n) is 2.90. The van der Waals surface area contributed by atoms with Gasteiger partial charge in [-0.15, -0.1) is 10.2 Å². The summed E-state index contributed by atoms with van der Waals surface area (Å²) in [7, 11) is 1.69. The molecule has 0 fully saturated rings. The molecule has 1 aromatic carbocycles. The van der Waals surface area contributed by atoms with E-state index in [-0.39, 0.29) is 0 Å². The summed E-state index contributed by atoms with van der Waals surface area (Å²) >= 11 is 0. The fourth-order valence-corrected chi connectivity index (χ4v) is 1.92. The zero-order chi connectivity index (χ0) is 13.9. The maximum atomic E-state index is 10.2. The molecule has 0 amide bonds. The van der Waals surface area contributed by atoms with Gasteiger partial charge in [-0.1, -0.05) is 18.2 Å². The highest BCUT2D eigenvalue weighted by atomic mass is 16.3. The van der Waals surface area contributed by atoms with E-state index in [4.69, 9.17) is 0 Å². The van der Waals surface area contributed by atoms with Crippen molar-refractivity contribution in [1.29, 1.82) is 0 Å². The molecule has 0 bridgehead atoms. The molecule has 1 N–H and O–H groups in total. The summed E-state index contributed by atoms with van der Waals surface area (Å²) in [5, 5.41) is 26.1. The van der Waals surface area contributed by atoms with Crippen molar-refractivity contribution < 1.29 is 5.11 Å². The average Bonchev–Trinajstić information content (AvgIpc) is 3.09. The van der Waals surface area contributed by atoms with Gasteiger partial charge < -0.3 is 5.11 Å². The summed E-state index contributed by atoms with van der Waals surface area (Å²) in [6.07, 6.45) is 1.36. The van der Waals surface area contributed by atoms with E-state index in [1.807, 2.05) is 36.5 Å². The molecule has 2 heterocycles. The predicted molar refractivity (Wildman–Crippen MR) is 71.0 cm³/mol. The van der Waals surface area contributed by atoms with E-state index in [1.165, 1.54) is 4.80 Å². The second kappa shape index (κ2) is 5.22. The van der Waals surface area contributed by atoms with Gasteiger partial charge in [0.05, 0.1) is 18.4 Å². The molecule has 0 saturated carbocycles. The van der Waals surface area contributed by atoms with Crippen LogP contribution in [0.2, 0.25) is 0 Å². The number of rotatable bonds is 4. The Kier molecular flexibility index (Phi) is 3.26. The van der Waals surface area contributed by atoms with Crippen LogP contribution in [0.15, 0.2) is 42.6 Å². The Hall–Kier alpha value is -2.54. The molecule has 0 aliphatic heterocycles. The molecule has 7 nitrogen and oxygen atoms in total. The van der Waals surface area contributed by atoms with Gasteiger partial charge in [0.25, 0.3) is 0 Å². The molecular formula is C13H14N6O. The van der Waals surface area contributed by atoms with E-state index >= 15 is 0 Å². The third kappa shape index (κ3) is 2.57. The number of nitrogens with zero attached hydrogens (tertiary/aromatic N) is 6. The second-order valence-corrected chi connectivity index (χ2v) is 4.44. The highest BCUT2D eigenvalue weighted by Gasteiger charge is 2.15. The van der Waals surface area contributed by atoms with E-state index in [1.54, 1.807) is 17.8 Å². The van der Waals surface area contributed by atoms with Crippen molar-refractivity contribution in [2.24, 2.45) is 7.05 Å². The minimum atomic E-state index is -0.746. The number of para-hydroxylation sites is 1. The number of aliphatic hydroxyl groups is 1. The summed E-state index contributed by atoms with van der Waals surface area (Å²) in [6.45, 7) is 0. The molecule has 2 aromatic heterocycles. The number of hydrogen-bond donors (Lipinski definition) is 1. The fraction of sp³-hybridized carbons (Fsp3) is 0.231. The summed E-state index contributed by atoms with van der Waals surface area (Å²) < 4.78 is 1.72. The van der Waals surface area contributed by atoms with E-state index < -0.39 is 6.10 Å². The van der Waals surface area contributed by atoms with Gasteiger partial charge in [0, 0.05) is 12.6 Å². The normalized spacial score (nSPS) is 12.5. The van der Waals surface area contributed by atoms with Crippen LogP contribution in [0.4, 0.5) is 0 Å². The van der Waals surface area contributed by atoms with E-state index in [0.29, 0.717) is 17.9 Å². The molecule has 3 rings (SSSR count). The van der Waals surface area contributed by atoms with Gasteiger partial charge >= 0.3 is 0 Å². The SMILES string of the molecule is Cn1nnc(CC(O)c2ccn(-c3ccccc3)n2)n1. The Labute approximate surface area is 115 Å². The minimum absolute atomic E-state index is 0.291. The molecule has 0 aliphatic carbocycles. The van der Waals surface area contributed by atoms with Crippen molar-refractivity contribution in [3.63, 3.8) is 0 Å². The molecule has 0 aliphatic rings. The minimum Gasteiger partial charge on any atom is -0.386 e. The van der Waals surface area contributed by atoms with Gasteiger partial charge in [-0.3, -0.25) is 0 Å². The maximum absolute atomic E-state index is 10.2. The highest BCUT2D eigenvalue weighted by molar-refractivity contribution is 5.30. The van der Waals surface area contributed by atoms with Crippen LogP contribution in [0.5, 0.6) is 0 Å². The highest BCUT2D eigenvalue weighted by Crippen LogP contribution is 2.15. The van der Waals surface area contributed by atoms with Crippen molar-refractivity contribution in [3.8, 4) is 5.69 Å². The third-order valence-corrected chi connectivity index (χ3v) is 2.90. The van der Waals surface area contributed by atoms with Gasteiger partial charge in [0.15, 0.2) is 5.82 Å². The predicted octanol–water partition coefficient (Wildman–Crippen LogP) is 0.672. The van der Waals surface area contributed by atoms with E-state index in [9.17, 15) is 5.11 Å². The van der Waals surface area contributed by atoms with Crippen molar-refractivity contribution >= 4 is 0 Å². The molecule has 0 radical (unpaired) electrons. The van der Waals surface area contributed by atoms with Crippen LogP contribution in [0.1, 0.15) is 17.6 Å². The van der Waals surface area contributed by atoms with Gasteiger partial charge in [0.2, 0.25) is 0 Å². The smallest absolute Gasteiger partial charge is 0.177 e. The van der Waals surface area contributed by atoms with Crippen molar-refractivity contribution in [2.75, 3.05) is 0 Å². The monoisotopic (exact) mass is 270 g/mol. The summed E-state index contributed by atoms with van der Waals surface area (Å²) in [5.41, 5.74) is 1.53. The van der Waals surface area contributed by atoms with Gasteiger partial charge in [-0.25, -0.2) is 4.68 Å². The van der Waals surface area contributed by atoms with Crippen LogP contribution in [0.25, 0.3) is 5.69 Å². The fourth-order valence-electron chi connectivity index (χ4n) is 1.92. The molecule has 1 unspecified atom stereocenters. The van der Waals surface area contributed by atoms with Crippen molar-refractivity contribution in [2.45, 2.75) is 12.5 Å². The second-order valence-electron chi connectivity index (χ2n) is 4.44. The lowest BCUT2D eigenvalue weighted by molar-refractivity contribution is 0.170. The van der Waals surface area contributed by atoms with Crippen molar-refractivity contribution in [1.82, 2.24) is 30.0 Å². The zero-order valence-corrected chi connectivity index (χ0v) is 11.0. The summed E-state index contributed by atoms with van der Waals surface area (Å²) in [6, 6.07) is 11.5. The Morgan fingerprint density at radius 1 is 1.15 bits per heavy atom. The van der Waals surface area contributed by atoms with Gasteiger partial charge in [-0.05, 0) is 23.4 Å². The largest absolute Gasteiger partial charge is 0.386 e. The lowest BCUT2D eigenvalue weighted by Gasteiger charge is -2.04. The standard InChI is InChI=1S/C13H14N6O/c1-18-16-13(14-17-18)9-12(20)11-7-8-19(15-11)10-5-3-2-4-6-10/h2-8,12,20H,9H2,1H3. The van der Waals surface area contributed by atoms with E-state index in [2.05, 4.69) is 20.5 Å². The maximum Gasteiger partial charge on any atom is 0.177 e.